The van der Waals surface area contributed by atoms with Crippen molar-refractivity contribution in [3.8, 4) is 0 Å². The van der Waals surface area contributed by atoms with Gasteiger partial charge in [0, 0.05) is 31.5 Å². The molecular formula is C29H51N3O5. The maximum absolute atomic E-state index is 13.4. The van der Waals surface area contributed by atoms with Gasteiger partial charge in [-0.3, -0.25) is 19.3 Å². The fraction of sp³-hybridized carbons (Fsp3) is 0.897. The fourth-order valence-corrected chi connectivity index (χ4v) is 6.77. The first-order valence-electron chi connectivity index (χ1n) is 14.8. The van der Waals surface area contributed by atoms with Crippen LogP contribution in [0.4, 0.5) is 0 Å². The maximum atomic E-state index is 13.4. The summed E-state index contributed by atoms with van der Waals surface area (Å²) in [6, 6.07) is -0.661. The zero-order chi connectivity index (χ0) is 27.0. The Balaban J connectivity index is 1.70. The van der Waals surface area contributed by atoms with E-state index >= 15 is 0 Å². The quantitative estimate of drug-likeness (QED) is 0.328. The van der Waals surface area contributed by atoms with Crippen molar-refractivity contribution >= 4 is 17.8 Å². The van der Waals surface area contributed by atoms with Gasteiger partial charge in [-0.25, -0.2) is 0 Å². The summed E-state index contributed by atoms with van der Waals surface area (Å²) in [5.41, 5.74) is -0.321. The third kappa shape index (κ3) is 9.86. The molecule has 8 heteroatoms. The van der Waals surface area contributed by atoms with Crippen LogP contribution in [0.1, 0.15) is 111 Å². The average Bonchev–Trinajstić information content (AvgIpc) is 2.82. The first kappa shape index (κ1) is 29.9. The molecule has 2 amide bonds. The van der Waals surface area contributed by atoms with Crippen LogP contribution in [0.3, 0.4) is 0 Å². The Bertz CT molecular complexity index is 761. The van der Waals surface area contributed by atoms with Crippen LogP contribution < -0.4 is 10.6 Å². The monoisotopic (exact) mass is 521 g/mol. The van der Waals surface area contributed by atoms with E-state index in [4.69, 9.17) is 5.11 Å². The zero-order valence-electron chi connectivity index (χ0n) is 23.3. The highest BCUT2D eigenvalue weighted by Gasteiger charge is 2.42. The number of aliphatic hydroxyl groups excluding tert-OH is 1. The summed E-state index contributed by atoms with van der Waals surface area (Å²) in [6.07, 6.45) is 11.8. The molecule has 3 fully saturated rings. The fourth-order valence-electron chi connectivity index (χ4n) is 6.77. The number of rotatable bonds is 11. The molecule has 5 atom stereocenters. The van der Waals surface area contributed by atoms with Crippen LogP contribution in [0, 0.1) is 17.8 Å². The first-order chi connectivity index (χ1) is 17.5. The summed E-state index contributed by atoms with van der Waals surface area (Å²) >= 11 is 0. The number of carbonyl (C=O) groups excluding carboxylic acids is 2. The van der Waals surface area contributed by atoms with Gasteiger partial charge in [0.15, 0.2) is 0 Å². The van der Waals surface area contributed by atoms with E-state index in [1.165, 1.54) is 44.9 Å². The van der Waals surface area contributed by atoms with E-state index in [0.29, 0.717) is 24.3 Å². The number of hydrogen-bond acceptors (Lipinski definition) is 5. The molecule has 2 aliphatic carbocycles. The summed E-state index contributed by atoms with van der Waals surface area (Å²) in [6.45, 7) is 7.16. The number of likely N-dealkylation sites (tertiary alicyclic amines) is 1. The van der Waals surface area contributed by atoms with Gasteiger partial charge < -0.3 is 20.8 Å². The summed E-state index contributed by atoms with van der Waals surface area (Å²) < 4.78 is 0. The smallest absolute Gasteiger partial charge is 0.303 e. The highest BCUT2D eigenvalue weighted by molar-refractivity contribution is 5.82. The van der Waals surface area contributed by atoms with Crippen molar-refractivity contribution in [2.24, 2.45) is 17.8 Å². The third-order valence-electron chi connectivity index (χ3n) is 8.64. The second-order valence-corrected chi connectivity index (χ2v) is 13.0. The Hall–Kier alpha value is -1.67. The lowest BCUT2D eigenvalue weighted by atomic mass is 9.72. The van der Waals surface area contributed by atoms with Gasteiger partial charge in [-0.2, -0.15) is 0 Å². The molecule has 212 valence electrons. The van der Waals surface area contributed by atoms with Crippen molar-refractivity contribution in [2.75, 3.05) is 13.1 Å². The van der Waals surface area contributed by atoms with Gasteiger partial charge in [-0.15, -0.1) is 0 Å². The number of carbonyl (C=O) groups is 3. The van der Waals surface area contributed by atoms with Crippen molar-refractivity contribution < 1.29 is 24.6 Å². The predicted molar refractivity (Wildman–Crippen MR) is 144 cm³/mol. The number of β-amino-alcohol motifs (C(OH)–C–C–N with tert-alkyl or cyclic N) is 1. The molecule has 2 saturated carbocycles. The van der Waals surface area contributed by atoms with Gasteiger partial charge in [0.1, 0.15) is 0 Å². The van der Waals surface area contributed by atoms with Gasteiger partial charge in [0.2, 0.25) is 11.8 Å². The minimum Gasteiger partial charge on any atom is -0.481 e. The maximum Gasteiger partial charge on any atom is 0.303 e. The minimum absolute atomic E-state index is 0.0326. The molecule has 37 heavy (non-hydrogen) atoms. The van der Waals surface area contributed by atoms with E-state index in [0.717, 1.165) is 32.2 Å². The third-order valence-corrected chi connectivity index (χ3v) is 8.64. The van der Waals surface area contributed by atoms with E-state index in [2.05, 4.69) is 15.5 Å². The lowest BCUT2D eigenvalue weighted by Gasteiger charge is -2.47. The van der Waals surface area contributed by atoms with Gasteiger partial charge in [-0.05, 0) is 64.2 Å². The van der Waals surface area contributed by atoms with E-state index in [1.54, 1.807) is 0 Å². The number of nitrogens with zero attached hydrogens (tertiary/aromatic N) is 1. The number of nitrogens with one attached hydrogen (secondary N) is 2. The molecule has 0 aromatic rings. The largest absolute Gasteiger partial charge is 0.481 e. The van der Waals surface area contributed by atoms with E-state index < -0.39 is 18.1 Å². The van der Waals surface area contributed by atoms with Crippen molar-refractivity contribution in [2.45, 2.75) is 134 Å². The molecule has 0 unspecified atom stereocenters. The number of amides is 2. The van der Waals surface area contributed by atoms with Gasteiger partial charge in [0.05, 0.1) is 18.2 Å². The van der Waals surface area contributed by atoms with Crippen LogP contribution in [0.25, 0.3) is 0 Å². The van der Waals surface area contributed by atoms with Crippen molar-refractivity contribution in [1.29, 1.82) is 0 Å². The molecule has 3 aliphatic rings. The molecule has 0 radical (unpaired) electrons. The number of piperidine rings is 1. The van der Waals surface area contributed by atoms with Crippen LogP contribution in [-0.4, -0.2) is 69.7 Å². The lowest BCUT2D eigenvalue weighted by Crippen LogP contribution is -2.60. The van der Waals surface area contributed by atoms with Crippen LogP contribution in [0.5, 0.6) is 0 Å². The highest BCUT2D eigenvalue weighted by Crippen LogP contribution is 2.39. The number of hydrogen-bond donors (Lipinski definition) is 4. The lowest BCUT2D eigenvalue weighted by molar-refractivity contribution is -0.137. The van der Waals surface area contributed by atoms with E-state index in [9.17, 15) is 19.5 Å². The summed E-state index contributed by atoms with van der Waals surface area (Å²) in [5.74, 6) is 0.514. The Morgan fingerprint density at radius 2 is 1.59 bits per heavy atom. The molecule has 4 N–H and O–H groups in total. The standard InChI is InChI=1S/C29H51N3O5/c1-29(2,3)31-28(37)24-17-21-12-7-8-13-22(21)18-32(24)19-25(33)23(16-20-10-5-4-6-11-20)30-26(34)14-9-15-27(35)36/h20-25,33H,4-19H2,1-3H3,(H,30,34)(H,31,37)(H,35,36)/t21-,22+,23-,24-,25+/m0/s1. The molecule has 0 aromatic carbocycles. The number of carboxylic acids is 1. The van der Waals surface area contributed by atoms with Crippen molar-refractivity contribution in [3.05, 3.63) is 0 Å². The first-order valence-corrected chi connectivity index (χ1v) is 14.8. The van der Waals surface area contributed by atoms with Crippen molar-refractivity contribution in [3.63, 3.8) is 0 Å². The van der Waals surface area contributed by atoms with Crippen LogP contribution in [0.15, 0.2) is 0 Å². The second kappa shape index (κ2) is 13.9. The highest BCUT2D eigenvalue weighted by atomic mass is 16.4. The van der Waals surface area contributed by atoms with Crippen LogP contribution in [-0.2, 0) is 14.4 Å². The van der Waals surface area contributed by atoms with E-state index in [-0.39, 0.29) is 42.7 Å². The predicted octanol–water partition coefficient (Wildman–Crippen LogP) is 3.85. The molecular weight excluding hydrogens is 470 g/mol. The summed E-state index contributed by atoms with van der Waals surface area (Å²) in [7, 11) is 0. The molecule has 0 aromatic heterocycles. The molecule has 0 spiro atoms. The van der Waals surface area contributed by atoms with Gasteiger partial charge in [0.25, 0.3) is 0 Å². The van der Waals surface area contributed by atoms with Crippen LogP contribution in [0.2, 0.25) is 0 Å². The molecule has 1 heterocycles. The number of aliphatic carboxylic acids is 1. The Kier molecular flexibility index (Phi) is 11.2. The minimum atomic E-state index is -0.905. The Labute approximate surface area is 223 Å². The molecule has 3 rings (SSSR count). The summed E-state index contributed by atoms with van der Waals surface area (Å²) in [4.78, 5) is 39.1. The number of carboxylic acid groups (broad SMARTS) is 1. The topological polar surface area (TPSA) is 119 Å². The Morgan fingerprint density at radius 3 is 2.24 bits per heavy atom. The van der Waals surface area contributed by atoms with Gasteiger partial charge in [-0.1, -0.05) is 51.4 Å². The molecule has 1 saturated heterocycles. The van der Waals surface area contributed by atoms with Gasteiger partial charge >= 0.3 is 5.97 Å². The zero-order valence-corrected chi connectivity index (χ0v) is 23.3. The number of aliphatic hydroxyl groups is 1. The number of fused-ring (bicyclic) bond motifs is 1. The average molecular weight is 522 g/mol. The molecule has 1 aliphatic heterocycles. The Morgan fingerprint density at radius 1 is 0.946 bits per heavy atom. The molecule has 8 nitrogen and oxygen atoms in total. The molecule has 0 bridgehead atoms. The van der Waals surface area contributed by atoms with E-state index in [1.807, 2.05) is 20.8 Å². The summed E-state index contributed by atoms with van der Waals surface area (Å²) in [5, 5.41) is 26.6. The normalized spacial score (nSPS) is 27.1. The SMILES string of the molecule is CC(C)(C)NC(=O)[C@@H]1C[C@@H]2CCCC[C@@H]2CN1C[C@@H](O)[C@H](CC1CCCCC1)NC(=O)CCCC(=O)O. The van der Waals surface area contributed by atoms with Crippen LogP contribution >= 0.6 is 0 Å². The van der Waals surface area contributed by atoms with Crippen molar-refractivity contribution in [1.82, 2.24) is 15.5 Å². The second-order valence-electron chi connectivity index (χ2n) is 13.0.